The summed E-state index contributed by atoms with van der Waals surface area (Å²) in [5.41, 5.74) is 2.66. The predicted octanol–water partition coefficient (Wildman–Crippen LogP) is 17.4. The first-order valence-corrected chi connectivity index (χ1v) is 25.6. The maximum atomic E-state index is 14.2. The first kappa shape index (κ1) is 52.1. The molecule has 1 aliphatic rings. The molecule has 0 fully saturated rings. The van der Waals surface area contributed by atoms with Gasteiger partial charge in [-0.25, -0.2) is 0 Å². The standard InChI is InChI=1S/C52H57Cl5N6O3S/c1-5-7-8-9-10-11-12-13-14-15-16-46(66-39-24-17-34(18-25-39)52(3,4)6-2)50(64)58-38-23-30-42(55)45(33-38)59-49-47(51(65)63(62-49)48-43(56)31-36(54)32-44(48)57)61-60-37-21-28-41(29-22-37)67-40-26-19-35(53)20-27-40/h17-33,46-47H,5-16H2,1-4H3,(H,58,64)(H,59,62). The van der Waals surface area contributed by atoms with E-state index in [1.165, 1.54) is 62.6 Å². The second-order valence-corrected chi connectivity index (χ2v) is 20.4. The number of nitrogens with one attached hydrogen (secondary N) is 2. The monoisotopic (exact) mass is 1020 g/mol. The average molecular weight is 1020 g/mol. The van der Waals surface area contributed by atoms with E-state index in [1.807, 2.05) is 48.5 Å². The number of carbonyl (C=O) groups is 2. The summed E-state index contributed by atoms with van der Waals surface area (Å²) < 4.78 is 6.43. The van der Waals surface area contributed by atoms with Crippen LogP contribution in [0, 0.1) is 0 Å². The number of ether oxygens (including phenoxy) is 1. The number of nitrogens with zero attached hydrogens (tertiary/aromatic N) is 4. The van der Waals surface area contributed by atoms with E-state index < -0.39 is 18.1 Å². The van der Waals surface area contributed by atoms with Crippen LogP contribution < -0.4 is 20.4 Å². The van der Waals surface area contributed by atoms with Crippen LogP contribution >= 0.6 is 69.8 Å². The van der Waals surface area contributed by atoms with Crippen LogP contribution in [0.25, 0.3) is 0 Å². The highest BCUT2D eigenvalue weighted by Gasteiger charge is 2.40. The van der Waals surface area contributed by atoms with E-state index in [-0.39, 0.29) is 37.9 Å². The van der Waals surface area contributed by atoms with Gasteiger partial charge in [0.15, 0.2) is 11.9 Å². The average Bonchev–Trinajstić information content (AvgIpc) is 3.60. The molecule has 2 N–H and O–H groups in total. The fraction of sp³-hybridized carbons (Fsp3) is 0.365. The quantitative estimate of drug-likeness (QED) is 0.0501. The van der Waals surface area contributed by atoms with Crippen LogP contribution in [0.4, 0.5) is 22.7 Å². The molecule has 0 saturated heterocycles. The number of carbonyl (C=O) groups excluding carboxylic acids is 2. The van der Waals surface area contributed by atoms with Gasteiger partial charge in [0.25, 0.3) is 11.8 Å². The summed E-state index contributed by atoms with van der Waals surface area (Å²) >= 11 is 33.8. The highest BCUT2D eigenvalue weighted by Crippen LogP contribution is 2.40. The molecule has 67 heavy (non-hydrogen) atoms. The number of unbranched alkanes of at least 4 members (excludes halogenated alkanes) is 9. The molecule has 9 nitrogen and oxygen atoms in total. The first-order valence-electron chi connectivity index (χ1n) is 22.9. The van der Waals surface area contributed by atoms with Crippen LogP contribution in [-0.2, 0) is 15.0 Å². The Morgan fingerprint density at radius 3 is 1.96 bits per heavy atom. The predicted molar refractivity (Wildman–Crippen MR) is 281 cm³/mol. The molecular formula is C52H57Cl5N6O3S. The molecule has 2 unspecified atom stereocenters. The molecule has 2 amide bonds. The van der Waals surface area contributed by atoms with E-state index >= 15 is 0 Å². The maximum absolute atomic E-state index is 14.2. The zero-order valence-corrected chi connectivity index (χ0v) is 42.9. The molecule has 0 spiro atoms. The van der Waals surface area contributed by atoms with Crippen molar-refractivity contribution in [3.8, 4) is 5.75 Å². The van der Waals surface area contributed by atoms with E-state index in [0.29, 0.717) is 39.3 Å². The summed E-state index contributed by atoms with van der Waals surface area (Å²) in [6, 6.07) is 29.7. The summed E-state index contributed by atoms with van der Waals surface area (Å²) in [5, 5.41) is 22.3. The van der Waals surface area contributed by atoms with Crippen LogP contribution in [-0.4, -0.2) is 29.8 Å². The van der Waals surface area contributed by atoms with E-state index in [4.69, 9.17) is 62.7 Å². The van der Waals surface area contributed by atoms with Gasteiger partial charge in [0.1, 0.15) is 11.4 Å². The molecule has 0 aromatic heterocycles. The summed E-state index contributed by atoms with van der Waals surface area (Å²) in [7, 11) is 0. The Hall–Kier alpha value is -4.29. The van der Waals surface area contributed by atoms with Gasteiger partial charge in [0.2, 0.25) is 6.04 Å². The van der Waals surface area contributed by atoms with Crippen LogP contribution in [0.15, 0.2) is 128 Å². The fourth-order valence-corrected chi connectivity index (χ4v) is 9.44. The molecule has 15 heteroatoms. The van der Waals surface area contributed by atoms with Gasteiger partial charge in [-0.2, -0.15) is 15.2 Å². The van der Waals surface area contributed by atoms with Crippen molar-refractivity contribution in [3.63, 3.8) is 0 Å². The number of anilines is 3. The molecule has 5 aromatic rings. The zero-order chi connectivity index (χ0) is 47.9. The van der Waals surface area contributed by atoms with Crippen LogP contribution in [0.5, 0.6) is 5.75 Å². The van der Waals surface area contributed by atoms with Gasteiger partial charge < -0.3 is 15.4 Å². The second kappa shape index (κ2) is 25.4. The second-order valence-electron chi connectivity index (χ2n) is 17.2. The third-order valence-electron chi connectivity index (χ3n) is 11.7. The Morgan fingerprint density at radius 1 is 0.746 bits per heavy atom. The van der Waals surface area contributed by atoms with Crippen molar-refractivity contribution in [2.24, 2.45) is 15.3 Å². The molecule has 0 radical (unpaired) electrons. The first-order chi connectivity index (χ1) is 32.2. The Labute approximate surface area is 424 Å². The smallest absolute Gasteiger partial charge is 0.282 e. The number of amidine groups is 1. The minimum Gasteiger partial charge on any atom is -0.481 e. The van der Waals surface area contributed by atoms with Gasteiger partial charge in [0.05, 0.1) is 26.4 Å². The molecule has 0 bridgehead atoms. The number of benzene rings is 5. The number of hydrazone groups is 1. The van der Waals surface area contributed by atoms with Crippen molar-refractivity contribution in [2.75, 3.05) is 15.6 Å². The normalized spacial score (nSPS) is 14.4. The molecule has 0 aliphatic carbocycles. The van der Waals surface area contributed by atoms with Crippen molar-refractivity contribution < 1.29 is 14.3 Å². The third kappa shape index (κ3) is 15.1. The van der Waals surface area contributed by atoms with E-state index in [9.17, 15) is 9.59 Å². The van der Waals surface area contributed by atoms with Crippen LogP contribution in [0.1, 0.15) is 110 Å². The Bertz CT molecular complexity index is 2480. The van der Waals surface area contributed by atoms with Gasteiger partial charge in [0, 0.05) is 25.5 Å². The minimum atomic E-state index is -1.26. The summed E-state index contributed by atoms with van der Waals surface area (Å²) in [6.45, 7) is 8.84. The van der Waals surface area contributed by atoms with Crippen LogP contribution in [0.3, 0.4) is 0 Å². The van der Waals surface area contributed by atoms with Gasteiger partial charge >= 0.3 is 0 Å². The van der Waals surface area contributed by atoms with Crippen molar-refractivity contribution in [1.29, 1.82) is 0 Å². The van der Waals surface area contributed by atoms with E-state index in [2.05, 4.69) is 65.8 Å². The topological polar surface area (TPSA) is 108 Å². The number of hydrogen-bond acceptors (Lipinski definition) is 8. The zero-order valence-electron chi connectivity index (χ0n) is 38.3. The highest BCUT2D eigenvalue weighted by molar-refractivity contribution is 7.99. The molecule has 1 heterocycles. The Morgan fingerprint density at radius 2 is 1.34 bits per heavy atom. The lowest BCUT2D eigenvalue weighted by Crippen LogP contribution is -2.33. The van der Waals surface area contributed by atoms with Crippen molar-refractivity contribution in [1.82, 2.24) is 0 Å². The van der Waals surface area contributed by atoms with E-state index in [1.54, 1.807) is 42.1 Å². The van der Waals surface area contributed by atoms with Gasteiger partial charge in [-0.3, -0.25) is 9.59 Å². The maximum Gasteiger partial charge on any atom is 0.282 e. The molecule has 0 saturated carbocycles. The summed E-state index contributed by atoms with van der Waals surface area (Å²) in [4.78, 5) is 30.3. The molecular weight excluding hydrogens is 966 g/mol. The van der Waals surface area contributed by atoms with Crippen molar-refractivity contribution in [3.05, 3.63) is 134 Å². The lowest BCUT2D eigenvalue weighted by atomic mass is 9.82. The molecule has 6 rings (SSSR count). The third-order valence-corrected chi connectivity index (χ3v) is 14.1. The van der Waals surface area contributed by atoms with Crippen LogP contribution in [0.2, 0.25) is 25.1 Å². The summed E-state index contributed by atoms with van der Waals surface area (Å²) in [5.74, 6) is -0.152. The number of hydrogen-bond donors (Lipinski definition) is 2. The van der Waals surface area contributed by atoms with Gasteiger partial charge in [-0.05, 0) is 121 Å². The molecule has 2 atom stereocenters. The number of halogens is 5. The highest BCUT2D eigenvalue weighted by atomic mass is 35.5. The lowest BCUT2D eigenvalue weighted by molar-refractivity contribution is -0.123. The molecule has 1 aliphatic heterocycles. The lowest BCUT2D eigenvalue weighted by Gasteiger charge is -2.24. The van der Waals surface area contributed by atoms with Gasteiger partial charge in [-0.15, -0.1) is 5.10 Å². The minimum absolute atomic E-state index is 0.0190. The summed E-state index contributed by atoms with van der Waals surface area (Å²) in [6.07, 6.45) is 12.6. The van der Waals surface area contributed by atoms with Crippen molar-refractivity contribution in [2.45, 2.75) is 132 Å². The Kier molecular flexibility index (Phi) is 19.7. The fourth-order valence-electron chi connectivity index (χ4n) is 7.36. The molecule has 5 aromatic carbocycles. The van der Waals surface area contributed by atoms with Crippen molar-refractivity contribution >= 4 is 110 Å². The number of amides is 2. The Balaban J connectivity index is 1.19. The SMILES string of the molecule is CCCCCCCCCCCCC(Oc1ccc(C(C)(C)CC)cc1)C(=O)Nc1ccc(Cl)c(NC2=NN(c3c(Cl)cc(Cl)cc3Cl)C(=O)C2N=Nc2ccc(Sc3ccc(Cl)cc3)cc2)c1. The van der Waals surface area contributed by atoms with Gasteiger partial charge in [-0.1, -0.05) is 167 Å². The number of azo groups is 1. The van der Waals surface area contributed by atoms with E-state index in [0.717, 1.165) is 40.5 Å². The molecule has 354 valence electrons. The number of rotatable bonds is 23. The largest absolute Gasteiger partial charge is 0.481 e.